The lowest BCUT2D eigenvalue weighted by Crippen LogP contribution is -2.29. The van der Waals surface area contributed by atoms with Gasteiger partial charge in [-0.1, -0.05) is 18.2 Å². The van der Waals surface area contributed by atoms with Crippen molar-refractivity contribution >= 4 is 5.91 Å². The van der Waals surface area contributed by atoms with E-state index in [2.05, 4.69) is 10.4 Å². The van der Waals surface area contributed by atoms with E-state index in [1.807, 2.05) is 13.8 Å². The van der Waals surface area contributed by atoms with Crippen molar-refractivity contribution in [2.75, 3.05) is 0 Å². The number of nitrogens with one attached hydrogen (secondary N) is 1. The molecule has 0 unspecified atom stereocenters. The maximum atomic E-state index is 13.9. The minimum absolute atomic E-state index is 0.137. The Bertz CT molecular complexity index is 964. The molecule has 1 atom stereocenters. The van der Waals surface area contributed by atoms with Gasteiger partial charge in [0.05, 0.1) is 23.8 Å². The molecule has 4 nitrogen and oxygen atoms in total. The highest BCUT2D eigenvalue weighted by Gasteiger charge is 2.18. The Morgan fingerprint density at radius 1 is 1.11 bits per heavy atom. The van der Waals surface area contributed by atoms with E-state index in [0.717, 1.165) is 22.6 Å². The molecule has 0 aliphatic heterocycles. The quantitative estimate of drug-likeness (QED) is 0.733. The van der Waals surface area contributed by atoms with Crippen molar-refractivity contribution in [3.63, 3.8) is 0 Å². The van der Waals surface area contributed by atoms with Gasteiger partial charge in [0.25, 0.3) is 0 Å². The highest BCUT2D eigenvalue weighted by atomic mass is 19.1. The summed E-state index contributed by atoms with van der Waals surface area (Å²) in [7, 11) is 0. The number of benzene rings is 2. The Hall–Kier alpha value is -3.02. The van der Waals surface area contributed by atoms with Gasteiger partial charge in [-0.3, -0.25) is 4.79 Å². The molecule has 0 radical (unpaired) electrons. The van der Waals surface area contributed by atoms with E-state index in [1.165, 1.54) is 18.2 Å². The molecule has 0 saturated heterocycles. The molecule has 1 aromatic heterocycles. The van der Waals surface area contributed by atoms with Crippen molar-refractivity contribution in [2.24, 2.45) is 0 Å². The molecule has 0 aliphatic rings. The van der Waals surface area contributed by atoms with E-state index in [4.69, 9.17) is 0 Å². The zero-order valence-electron chi connectivity index (χ0n) is 15.5. The Balaban J connectivity index is 1.76. The zero-order chi connectivity index (χ0) is 19.6. The summed E-state index contributed by atoms with van der Waals surface area (Å²) in [6.45, 7) is 5.44. The number of hydrogen-bond donors (Lipinski definition) is 1. The fourth-order valence-corrected chi connectivity index (χ4v) is 3.12. The molecule has 3 aromatic rings. The first-order valence-electron chi connectivity index (χ1n) is 8.71. The first-order chi connectivity index (χ1) is 12.9. The molecular weight excluding hydrogens is 348 g/mol. The summed E-state index contributed by atoms with van der Waals surface area (Å²) in [6.07, 6.45) is 0.137. The Kier molecular flexibility index (Phi) is 5.35. The number of amides is 1. The van der Waals surface area contributed by atoms with E-state index in [9.17, 15) is 13.6 Å². The van der Waals surface area contributed by atoms with Gasteiger partial charge in [-0.15, -0.1) is 0 Å². The van der Waals surface area contributed by atoms with Crippen molar-refractivity contribution in [3.8, 4) is 5.69 Å². The van der Waals surface area contributed by atoms with Crippen molar-refractivity contribution in [1.29, 1.82) is 0 Å². The van der Waals surface area contributed by atoms with Crippen LogP contribution in [-0.2, 0) is 11.2 Å². The van der Waals surface area contributed by atoms with Crippen LogP contribution in [0.4, 0.5) is 8.78 Å². The average Bonchev–Trinajstić information content (AvgIpc) is 2.91. The second kappa shape index (κ2) is 7.70. The van der Waals surface area contributed by atoms with Gasteiger partial charge in [0.15, 0.2) is 0 Å². The second-order valence-electron chi connectivity index (χ2n) is 6.53. The smallest absolute Gasteiger partial charge is 0.225 e. The average molecular weight is 369 g/mol. The molecule has 0 aliphatic carbocycles. The number of aromatic nitrogens is 2. The van der Waals surface area contributed by atoms with Crippen LogP contribution in [0, 0.1) is 25.5 Å². The normalized spacial score (nSPS) is 12.0. The van der Waals surface area contributed by atoms with Gasteiger partial charge >= 0.3 is 0 Å². The topological polar surface area (TPSA) is 46.9 Å². The number of carbonyl (C=O) groups is 1. The van der Waals surface area contributed by atoms with Crippen LogP contribution in [0.15, 0.2) is 48.5 Å². The van der Waals surface area contributed by atoms with Crippen molar-refractivity contribution < 1.29 is 13.6 Å². The van der Waals surface area contributed by atoms with Gasteiger partial charge in [0, 0.05) is 16.8 Å². The van der Waals surface area contributed by atoms with Gasteiger partial charge in [-0.25, -0.2) is 13.5 Å². The number of halogens is 2. The first-order valence-corrected chi connectivity index (χ1v) is 8.71. The van der Waals surface area contributed by atoms with E-state index in [0.29, 0.717) is 5.56 Å². The van der Waals surface area contributed by atoms with Crippen LogP contribution in [-0.4, -0.2) is 15.7 Å². The Labute approximate surface area is 156 Å². The summed E-state index contributed by atoms with van der Waals surface area (Å²) >= 11 is 0. The monoisotopic (exact) mass is 369 g/mol. The molecule has 1 N–H and O–H groups in total. The standard InChI is InChI=1S/C21H21F2N3O/c1-13(18-6-4-5-7-20(18)23)24-21(27)12-19-14(2)25-26(15(19)3)17-10-8-16(22)9-11-17/h4-11,13H,12H2,1-3H3,(H,24,27)/t13-/m0/s1. The van der Waals surface area contributed by atoms with Crippen LogP contribution >= 0.6 is 0 Å². The third-order valence-electron chi connectivity index (χ3n) is 4.60. The number of rotatable bonds is 5. The van der Waals surface area contributed by atoms with Gasteiger partial charge < -0.3 is 5.32 Å². The fourth-order valence-electron chi connectivity index (χ4n) is 3.12. The predicted molar refractivity (Wildman–Crippen MR) is 99.7 cm³/mol. The fraction of sp³-hybridized carbons (Fsp3) is 0.238. The maximum Gasteiger partial charge on any atom is 0.225 e. The van der Waals surface area contributed by atoms with E-state index >= 15 is 0 Å². The van der Waals surface area contributed by atoms with Crippen molar-refractivity contribution in [2.45, 2.75) is 33.2 Å². The Morgan fingerprint density at radius 2 is 1.78 bits per heavy atom. The minimum atomic E-state index is -0.438. The number of carbonyl (C=O) groups excluding carboxylic acids is 1. The SMILES string of the molecule is Cc1nn(-c2ccc(F)cc2)c(C)c1CC(=O)N[C@@H](C)c1ccccc1F. The third-order valence-corrected chi connectivity index (χ3v) is 4.60. The minimum Gasteiger partial charge on any atom is -0.349 e. The number of nitrogens with zero attached hydrogens (tertiary/aromatic N) is 2. The zero-order valence-corrected chi connectivity index (χ0v) is 15.5. The highest BCUT2D eigenvalue weighted by molar-refractivity contribution is 5.79. The summed E-state index contributed by atoms with van der Waals surface area (Å²) in [5, 5.41) is 7.30. The molecule has 3 rings (SSSR count). The molecule has 6 heteroatoms. The lowest BCUT2D eigenvalue weighted by Gasteiger charge is -2.15. The van der Waals surface area contributed by atoms with E-state index in [1.54, 1.807) is 41.9 Å². The van der Waals surface area contributed by atoms with Gasteiger partial charge in [0.2, 0.25) is 5.91 Å². The number of aryl methyl sites for hydroxylation is 1. The maximum absolute atomic E-state index is 13.9. The predicted octanol–water partition coefficient (Wildman–Crippen LogP) is 4.19. The highest BCUT2D eigenvalue weighted by Crippen LogP contribution is 2.20. The lowest BCUT2D eigenvalue weighted by atomic mass is 10.1. The molecule has 1 amide bonds. The molecule has 0 bridgehead atoms. The van der Waals surface area contributed by atoms with Crippen molar-refractivity contribution in [1.82, 2.24) is 15.1 Å². The number of hydrogen-bond acceptors (Lipinski definition) is 2. The first kappa shape index (κ1) is 18.8. The molecular formula is C21H21F2N3O. The Morgan fingerprint density at radius 3 is 2.44 bits per heavy atom. The largest absolute Gasteiger partial charge is 0.349 e. The summed E-state index contributed by atoms with van der Waals surface area (Å²) in [5.41, 5.74) is 3.51. The molecule has 2 aromatic carbocycles. The summed E-state index contributed by atoms with van der Waals surface area (Å²) in [4.78, 5) is 12.5. The molecule has 140 valence electrons. The molecule has 0 saturated carbocycles. The summed E-state index contributed by atoms with van der Waals surface area (Å²) in [5.74, 6) is -0.876. The van der Waals surface area contributed by atoms with Crippen LogP contribution in [0.25, 0.3) is 5.69 Å². The van der Waals surface area contributed by atoms with Crippen molar-refractivity contribution in [3.05, 3.63) is 82.7 Å². The van der Waals surface area contributed by atoms with Crippen LogP contribution in [0.2, 0.25) is 0 Å². The third kappa shape index (κ3) is 4.05. The van der Waals surface area contributed by atoms with Gasteiger partial charge in [-0.05, 0) is 51.1 Å². The second-order valence-corrected chi connectivity index (χ2v) is 6.53. The van der Waals surface area contributed by atoms with E-state index < -0.39 is 6.04 Å². The molecule has 1 heterocycles. The lowest BCUT2D eigenvalue weighted by molar-refractivity contribution is -0.121. The molecule has 27 heavy (non-hydrogen) atoms. The van der Waals surface area contributed by atoms with Gasteiger partial charge in [-0.2, -0.15) is 5.10 Å². The van der Waals surface area contributed by atoms with Crippen LogP contribution in [0.1, 0.15) is 35.5 Å². The van der Waals surface area contributed by atoms with Crippen LogP contribution in [0.5, 0.6) is 0 Å². The van der Waals surface area contributed by atoms with E-state index in [-0.39, 0.29) is 24.0 Å². The summed E-state index contributed by atoms with van der Waals surface area (Å²) < 4.78 is 28.7. The molecule has 0 spiro atoms. The molecule has 0 fully saturated rings. The van der Waals surface area contributed by atoms with Crippen LogP contribution in [0.3, 0.4) is 0 Å². The summed E-state index contributed by atoms with van der Waals surface area (Å²) in [6, 6.07) is 12.0. The van der Waals surface area contributed by atoms with Gasteiger partial charge in [0.1, 0.15) is 11.6 Å². The van der Waals surface area contributed by atoms with Crippen LogP contribution < -0.4 is 5.32 Å².